The second-order valence-electron chi connectivity index (χ2n) is 6.67. The van der Waals surface area contributed by atoms with Crippen LogP contribution in [-0.4, -0.2) is 52.0 Å². The van der Waals surface area contributed by atoms with E-state index < -0.39 is 10.0 Å². The van der Waals surface area contributed by atoms with Crippen LogP contribution in [0.4, 0.5) is 5.69 Å². The van der Waals surface area contributed by atoms with Gasteiger partial charge < -0.3 is 14.8 Å². The third-order valence-electron chi connectivity index (χ3n) is 4.68. The predicted octanol–water partition coefficient (Wildman–Crippen LogP) is 3.59. The van der Waals surface area contributed by atoms with Crippen molar-refractivity contribution in [1.82, 2.24) is 4.31 Å². The Hall–Kier alpha value is -1.84. The molecule has 162 valence electrons. The van der Waals surface area contributed by atoms with Crippen LogP contribution >= 0.6 is 23.2 Å². The molecule has 0 bridgehead atoms. The Bertz CT molecular complexity index is 1020. The number of halogens is 2. The Morgan fingerprint density at radius 2 is 1.87 bits per heavy atom. The zero-order chi connectivity index (χ0) is 21.7. The zero-order valence-corrected chi connectivity index (χ0v) is 18.7. The summed E-state index contributed by atoms with van der Waals surface area (Å²) >= 11 is 11.8. The number of anilines is 1. The van der Waals surface area contributed by atoms with Crippen molar-refractivity contribution >= 4 is 44.8 Å². The van der Waals surface area contributed by atoms with Crippen molar-refractivity contribution in [1.29, 1.82) is 0 Å². The topological polar surface area (TPSA) is 84.9 Å². The molecule has 0 aliphatic carbocycles. The number of ether oxygens (including phenoxy) is 2. The molecule has 1 amide bonds. The van der Waals surface area contributed by atoms with Gasteiger partial charge in [-0.1, -0.05) is 23.2 Å². The third kappa shape index (κ3) is 5.44. The highest BCUT2D eigenvalue weighted by Gasteiger charge is 2.27. The lowest BCUT2D eigenvalue weighted by Gasteiger charge is -2.26. The molecule has 1 N–H and O–H groups in total. The number of amides is 1. The maximum atomic E-state index is 12.9. The lowest BCUT2D eigenvalue weighted by atomic mass is 10.1. The molecular formula is C20H22Cl2N2O5S. The fraction of sp³-hybridized carbons (Fsp3) is 0.350. The number of sulfonamides is 1. The Morgan fingerprint density at radius 3 is 2.53 bits per heavy atom. The maximum Gasteiger partial charge on any atom is 0.243 e. The van der Waals surface area contributed by atoms with Crippen LogP contribution in [0, 0.1) is 0 Å². The molecular weight excluding hydrogens is 451 g/mol. The Labute approximate surface area is 185 Å². The average Bonchev–Trinajstić information content (AvgIpc) is 2.75. The van der Waals surface area contributed by atoms with E-state index in [0.717, 1.165) is 0 Å². The number of benzene rings is 2. The van der Waals surface area contributed by atoms with Gasteiger partial charge >= 0.3 is 0 Å². The molecule has 3 rings (SSSR count). The van der Waals surface area contributed by atoms with Gasteiger partial charge in [-0.2, -0.15) is 4.31 Å². The normalized spacial score (nSPS) is 15.0. The molecule has 1 saturated heterocycles. The van der Waals surface area contributed by atoms with Gasteiger partial charge in [0.25, 0.3) is 0 Å². The lowest BCUT2D eigenvalue weighted by molar-refractivity contribution is -0.116. The van der Waals surface area contributed by atoms with Gasteiger partial charge in [-0.05, 0) is 48.4 Å². The average molecular weight is 473 g/mol. The highest BCUT2D eigenvalue weighted by molar-refractivity contribution is 7.89. The van der Waals surface area contributed by atoms with E-state index in [0.29, 0.717) is 59.8 Å². The highest BCUT2D eigenvalue weighted by atomic mass is 35.5. The largest absolute Gasteiger partial charge is 0.496 e. The minimum absolute atomic E-state index is 0.137. The summed E-state index contributed by atoms with van der Waals surface area (Å²) in [5.74, 6) is 0.287. The molecule has 0 unspecified atom stereocenters. The fourth-order valence-corrected chi connectivity index (χ4v) is 4.85. The summed E-state index contributed by atoms with van der Waals surface area (Å²) in [7, 11) is -2.13. The molecule has 0 spiro atoms. The van der Waals surface area contributed by atoms with Crippen molar-refractivity contribution in [2.24, 2.45) is 0 Å². The molecule has 1 aliphatic rings. The minimum Gasteiger partial charge on any atom is -0.496 e. The molecule has 7 nitrogen and oxygen atoms in total. The Kier molecular flexibility index (Phi) is 7.60. The molecule has 2 aromatic carbocycles. The maximum absolute atomic E-state index is 12.9. The van der Waals surface area contributed by atoms with Crippen molar-refractivity contribution < 1.29 is 22.7 Å². The van der Waals surface area contributed by atoms with Gasteiger partial charge in [0.2, 0.25) is 15.9 Å². The first kappa shape index (κ1) is 22.8. The van der Waals surface area contributed by atoms with Crippen LogP contribution in [0.15, 0.2) is 41.3 Å². The smallest absolute Gasteiger partial charge is 0.243 e. The highest BCUT2D eigenvalue weighted by Crippen LogP contribution is 2.27. The zero-order valence-electron chi connectivity index (χ0n) is 16.4. The first-order valence-electron chi connectivity index (χ1n) is 9.31. The number of hydrogen-bond acceptors (Lipinski definition) is 5. The van der Waals surface area contributed by atoms with Gasteiger partial charge in [0.05, 0.1) is 35.3 Å². The van der Waals surface area contributed by atoms with E-state index in [1.807, 2.05) is 0 Å². The molecule has 1 heterocycles. The molecule has 0 aromatic heterocycles. The standard InChI is InChI=1S/C20H22Cl2N2O5S/c1-28-19-6-4-16(30(26,27)24-8-10-29-11-9-24)12-14(19)2-7-20(25)23-15-3-5-17(21)18(22)13-15/h3-6,12-13H,2,7-11H2,1H3,(H,23,25). The summed E-state index contributed by atoms with van der Waals surface area (Å²) < 4.78 is 37.8. The summed E-state index contributed by atoms with van der Waals surface area (Å²) in [4.78, 5) is 12.5. The second-order valence-corrected chi connectivity index (χ2v) is 9.42. The van der Waals surface area contributed by atoms with Crippen molar-refractivity contribution in [3.8, 4) is 5.75 Å². The van der Waals surface area contributed by atoms with Crippen LogP contribution in [0.3, 0.4) is 0 Å². The third-order valence-corrected chi connectivity index (χ3v) is 7.32. The van der Waals surface area contributed by atoms with Crippen LogP contribution in [0.1, 0.15) is 12.0 Å². The van der Waals surface area contributed by atoms with Crippen molar-refractivity contribution in [2.75, 3.05) is 38.7 Å². The van der Waals surface area contributed by atoms with Gasteiger partial charge in [0.15, 0.2) is 0 Å². The van der Waals surface area contributed by atoms with E-state index in [4.69, 9.17) is 32.7 Å². The summed E-state index contributed by atoms with van der Waals surface area (Å²) in [6, 6.07) is 9.52. The molecule has 0 atom stereocenters. The van der Waals surface area contributed by atoms with E-state index in [-0.39, 0.29) is 17.2 Å². The Morgan fingerprint density at radius 1 is 1.13 bits per heavy atom. The van der Waals surface area contributed by atoms with Crippen molar-refractivity contribution in [3.63, 3.8) is 0 Å². The van der Waals surface area contributed by atoms with E-state index in [1.165, 1.54) is 17.5 Å². The van der Waals surface area contributed by atoms with Gasteiger partial charge in [-0.3, -0.25) is 4.79 Å². The van der Waals surface area contributed by atoms with Gasteiger partial charge in [0.1, 0.15) is 5.75 Å². The van der Waals surface area contributed by atoms with Gasteiger partial charge in [0, 0.05) is 25.2 Å². The molecule has 30 heavy (non-hydrogen) atoms. The first-order valence-corrected chi connectivity index (χ1v) is 11.5. The van der Waals surface area contributed by atoms with Crippen LogP contribution in [0.25, 0.3) is 0 Å². The summed E-state index contributed by atoms with van der Waals surface area (Å²) in [6.07, 6.45) is 0.445. The molecule has 1 fully saturated rings. The number of morpholine rings is 1. The van der Waals surface area contributed by atoms with E-state index in [1.54, 1.807) is 30.3 Å². The summed E-state index contributed by atoms with van der Waals surface area (Å²) in [6.45, 7) is 1.37. The quantitative estimate of drug-likeness (QED) is 0.665. The number of aryl methyl sites for hydroxylation is 1. The number of hydrogen-bond donors (Lipinski definition) is 1. The van der Waals surface area contributed by atoms with Crippen LogP contribution in [-0.2, 0) is 26.0 Å². The van der Waals surface area contributed by atoms with Crippen molar-refractivity contribution in [2.45, 2.75) is 17.7 Å². The first-order chi connectivity index (χ1) is 14.3. The molecule has 10 heteroatoms. The van der Waals surface area contributed by atoms with Gasteiger partial charge in [-0.25, -0.2) is 8.42 Å². The number of nitrogens with one attached hydrogen (secondary N) is 1. The monoisotopic (exact) mass is 472 g/mol. The SMILES string of the molecule is COc1ccc(S(=O)(=O)N2CCOCC2)cc1CCC(=O)Nc1ccc(Cl)c(Cl)c1. The lowest BCUT2D eigenvalue weighted by Crippen LogP contribution is -2.40. The minimum atomic E-state index is -3.64. The van der Waals surface area contributed by atoms with E-state index >= 15 is 0 Å². The van der Waals surface area contributed by atoms with Crippen LogP contribution in [0.5, 0.6) is 5.75 Å². The van der Waals surface area contributed by atoms with Crippen LogP contribution in [0.2, 0.25) is 10.0 Å². The van der Waals surface area contributed by atoms with E-state index in [9.17, 15) is 13.2 Å². The van der Waals surface area contributed by atoms with E-state index in [2.05, 4.69) is 5.32 Å². The fourth-order valence-electron chi connectivity index (χ4n) is 3.09. The summed E-state index contributed by atoms with van der Waals surface area (Å²) in [5.41, 5.74) is 1.17. The number of nitrogens with zero attached hydrogens (tertiary/aromatic N) is 1. The molecule has 2 aromatic rings. The van der Waals surface area contributed by atoms with Crippen molar-refractivity contribution in [3.05, 3.63) is 52.0 Å². The molecule has 0 radical (unpaired) electrons. The molecule has 0 saturated carbocycles. The predicted molar refractivity (Wildman–Crippen MR) is 116 cm³/mol. The number of carbonyl (C=O) groups is 1. The second kappa shape index (κ2) is 9.98. The number of carbonyl (C=O) groups excluding carboxylic acids is 1. The van der Waals surface area contributed by atoms with Crippen LogP contribution < -0.4 is 10.1 Å². The van der Waals surface area contributed by atoms with Gasteiger partial charge in [-0.15, -0.1) is 0 Å². The summed E-state index contributed by atoms with van der Waals surface area (Å²) in [5, 5.41) is 3.50. The number of rotatable bonds is 7. The number of methoxy groups -OCH3 is 1. The Balaban J connectivity index is 1.72. The molecule has 1 aliphatic heterocycles.